The molecule has 1 unspecified atom stereocenters. The average Bonchev–Trinajstić information content (AvgIpc) is 3.88. The Balaban J connectivity index is 0.887. The maximum Gasteiger partial charge on any atom is 0.0580 e. The minimum Gasteiger partial charge on any atom is -0.334 e. The van der Waals surface area contributed by atoms with E-state index in [0.29, 0.717) is 0 Å². The number of hydrogen-bond acceptors (Lipinski definition) is 2. The van der Waals surface area contributed by atoms with Crippen molar-refractivity contribution in [3.8, 4) is 22.5 Å². The molecule has 12 rings (SSSR count). The summed E-state index contributed by atoms with van der Waals surface area (Å²) in [7, 11) is 0. The Bertz CT molecular complexity index is 3440. The molecule has 0 aliphatic heterocycles. The van der Waals surface area contributed by atoms with Gasteiger partial charge in [-0.25, -0.2) is 0 Å². The van der Waals surface area contributed by atoms with Crippen molar-refractivity contribution in [3.05, 3.63) is 254 Å². The number of benzene rings is 9. The molecule has 1 atom stereocenters. The largest absolute Gasteiger partial charge is 0.334 e. The molecule has 0 radical (unpaired) electrons. The highest BCUT2D eigenvalue weighted by Gasteiger charge is 2.28. The van der Waals surface area contributed by atoms with Gasteiger partial charge in [0.05, 0.1) is 22.6 Å². The van der Waals surface area contributed by atoms with Crippen LogP contribution in [0.15, 0.2) is 243 Å². The van der Waals surface area contributed by atoms with Crippen molar-refractivity contribution in [1.82, 2.24) is 9.13 Å². The molecule has 64 heavy (non-hydrogen) atoms. The van der Waals surface area contributed by atoms with Crippen LogP contribution in [-0.4, -0.2) is 15.2 Å². The fourth-order valence-electron chi connectivity index (χ4n) is 9.94. The molecule has 304 valence electrons. The highest BCUT2D eigenvalue weighted by molar-refractivity contribution is 6.10. The molecule has 4 nitrogen and oxygen atoms in total. The number of nitrogens with zero attached hydrogens (tertiary/aromatic N) is 4. The summed E-state index contributed by atoms with van der Waals surface area (Å²) in [6, 6.07) is 85.5. The molecule has 0 amide bonds. The third-order valence-electron chi connectivity index (χ3n) is 12.8. The molecule has 1 aliphatic carbocycles. The minimum absolute atomic E-state index is 0.115. The summed E-state index contributed by atoms with van der Waals surface area (Å²) >= 11 is 0. The van der Waals surface area contributed by atoms with Gasteiger partial charge in [0.15, 0.2) is 0 Å². The van der Waals surface area contributed by atoms with Crippen LogP contribution in [0.5, 0.6) is 0 Å². The SMILES string of the molecule is C1=CC(N(c2ccccc2)c2ccc(-c3ccc(N(c4ccccc4)c4ccc5c6ccccc6n(-c6ccccc6)c5c4)cc3)cc2)Cc2c1c1ccccc1n2-c1ccccc1. The lowest BCUT2D eigenvalue weighted by molar-refractivity contribution is 0.738. The van der Waals surface area contributed by atoms with Crippen molar-refractivity contribution in [3.63, 3.8) is 0 Å². The fraction of sp³-hybridized carbons (Fsp3) is 0.0333. The molecule has 0 saturated heterocycles. The van der Waals surface area contributed by atoms with Crippen LogP contribution in [0.3, 0.4) is 0 Å². The number of para-hydroxylation sites is 6. The van der Waals surface area contributed by atoms with Crippen LogP contribution in [0.4, 0.5) is 28.4 Å². The van der Waals surface area contributed by atoms with Gasteiger partial charge in [-0.1, -0.05) is 152 Å². The molecule has 0 bridgehead atoms. The summed E-state index contributed by atoms with van der Waals surface area (Å²) in [4.78, 5) is 4.85. The van der Waals surface area contributed by atoms with Crippen molar-refractivity contribution >= 4 is 67.2 Å². The first kappa shape index (κ1) is 37.4. The Morgan fingerprint density at radius 3 is 1.45 bits per heavy atom. The maximum atomic E-state index is 2.49. The first-order valence-corrected chi connectivity index (χ1v) is 22.1. The summed E-state index contributed by atoms with van der Waals surface area (Å²) in [5.74, 6) is 0. The standard InChI is InChI=1S/C60H44N4/c1-5-17-45(18-6-1)61(51-37-39-55-53-25-13-15-27-57(53)63(59(55)41-51)47-21-9-3-10-22-47)49-33-29-43(30-34-49)44-31-35-50(36-32-44)62(46-19-7-2-8-20-46)52-38-40-56-54-26-14-16-28-58(54)64(60(56)42-52)48-23-11-4-12-24-48/h1-41,52H,42H2. The topological polar surface area (TPSA) is 16.3 Å². The van der Waals surface area contributed by atoms with Gasteiger partial charge in [0.1, 0.15) is 0 Å². The van der Waals surface area contributed by atoms with Crippen molar-refractivity contribution in [2.24, 2.45) is 0 Å². The van der Waals surface area contributed by atoms with Gasteiger partial charge in [-0.15, -0.1) is 0 Å². The van der Waals surface area contributed by atoms with Crippen molar-refractivity contribution in [1.29, 1.82) is 0 Å². The fourth-order valence-corrected chi connectivity index (χ4v) is 9.94. The lowest BCUT2D eigenvalue weighted by atomic mass is 9.96. The molecular formula is C60H44N4. The highest BCUT2D eigenvalue weighted by atomic mass is 15.2. The van der Waals surface area contributed by atoms with Crippen LogP contribution in [0.2, 0.25) is 0 Å². The smallest absolute Gasteiger partial charge is 0.0580 e. The number of hydrogen-bond donors (Lipinski definition) is 0. The summed E-state index contributed by atoms with van der Waals surface area (Å²) < 4.78 is 4.84. The third kappa shape index (κ3) is 6.47. The maximum absolute atomic E-state index is 2.49. The summed E-state index contributed by atoms with van der Waals surface area (Å²) in [5, 5.41) is 3.77. The van der Waals surface area contributed by atoms with Crippen LogP contribution >= 0.6 is 0 Å². The highest BCUT2D eigenvalue weighted by Crippen LogP contribution is 2.42. The Morgan fingerprint density at radius 1 is 0.359 bits per heavy atom. The second-order valence-corrected chi connectivity index (χ2v) is 16.5. The van der Waals surface area contributed by atoms with Gasteiger partial charge >= 0.3 is 0 Å². The van der Waals surface area contributed by atoms with Gasteiger partial charge in [0.25, 0.3) is 0 Å². The second-order valence-electron chi connectivity index (χ2n) is 16.5. The first-order chi connectivity index (χ1) is 31.8. The molecule has 0 fully saturated rings. The molecule has 2 aromatic heterocycles. The number of anilines is 5. The van der Waals surface area contributed by atoms with E-state index in [9.17, 15) is 0 Å². The molecular weight excluding hydrogens is 777 g/mol. The van der Waals surface area contributed by atoms with Crippen LogP contribution in [0.1, 0.15) is 11.3 Å². The summed E-state index contributed by atoms with van der Waals surface area (Å²) in [5.41, 5.74) is 16.6. The van der Waals surface area contributed by atoms with Crippen molar-refractivity contribution in [2.45, 2.75) is 12.5 Å². The summed E-state index contributed by atoms with van der Waals surface area (Å²) in [6.07, 6.45) is 5.60. The van der Waals surface area contributed by atoms with Crippen molar-refractivity contribution in [2.75, 3.05) is 9.80 Å². The zero-order chi connectivity index (χ0) is 42.4. The van der Waals surface area contributed by atoms with Crippen LogP contribution in [0.25, 0.3) is 61.3 Å². The van der Waals surface area contributed by atoms with Gasteiger partial charge in [-0.05, 0) is 108 Å². The Labute approximate surface area is 373 Å². The third-order valence-corrected chi connectivity index (χ3v) is 12.8. The number of fused-ring (bicyclic) bond motifs is 6. The Morgan fingerprint density at radius 2 is 0.812 bits per heavy atom. The van der Waals surface area contributed by atoms with E-state index in [2.05, 4.69) is 268 Å². The monoisotopic (exact) mass is 820 g/mol. The number of rotatable bonds is 9. The van der Waals surface area contributed by atoms with Crippen LogP contribution in [0, 0.1) is 0 Å². The van der Waals surface area contributed by atoms with Gasteiger partial charge in [0.2, 0.25) is 0 Å². The van der Waals surface area contributed by atoms with E-state index in [4.69, 9.17) is 0 Å². The molecule has 0 N–H and O–H groups in total. The Kier molecular flexibility index (Phi) is 9.27. The lowest BCUT2D eigenvalue weighted by Gasteiger charge is -2.34. The molecule has 1 aliphatic rings. The van der Waals surface area contributed by atoms with E-state index in [1.165, 1.54) is 66.5 Å². The van der Waals surface area contributed by atoms with Gasteiger partial charge < -0.3 is 18.9 Å². The molecule has 11 aromatic rings. The normalized spacial score (nSPS) is 13.3. The van der Waals surface area contributed by atoms with E-state index in [1.54, 1.807) is 0 Å². The number of aromatic nitrogens is 2. The average molecular weight is 821 g/mol. The van der Waals surface area contributed by atoms with E-state index in [1.807, 2.05) is 0 Å². The molecule has 9 aromatic carbocycles. The lowest BCUT2D eigenvalue weighted by Crippen LogP contribution is -2.33. The Hall–Kier alpha value is -8.34. The molecule has 0 spiro atoms. The van der Waals surface area contributed by atoms with E-state index in [-0.39, 0.29) is 6.04 Å². The molecule has 4 heteroatoms. The zero-order valence-corrected chi connectivity index (χ0v) is 35.2. The van der Waals surface area contributed by atoms with Crippen LogP contribution < -0.4 is 9.80 Å². The second kappa shape index (κ2) is 15.8. The van der Waals surface area contributed by atoms with E-state index < -0.39 is 0 Å². The zero-order valence-electron chi connectivity index (χ0n) is 35.2. The first-order valence-electron chi connectivity index (χ1n) is 22.1. The van der Waals surface area contributed by atoms with Crippen LogP contribution in [-0.2, 0) is 6.42 Å². The van der Waals surface area contributed by atoms with Gasteiger partial charge in [-0.2, -0.15) is 0 Å². The predicted molar refractivity (Wildman–Crippen MR) is 269 cm³/mol. The van der Waals surface area contributed by atoms with E-state index >= 15 is 0 Å². The quantitative estimate of drug-likeness (QED) is 0.144. The molecule has 2 heterocycles. The summed E-state index contributed by atoms with van der Waals surface area (Å²) in [6.45, 7) is 0. The van der Waals surface area contributed by atoms with Crippen molar-refractivity contribution < 1.29 is 0 Å². The minimum atomic E-state index is 0.115. The van der Waals surface area contributed by atoms with E-state index in [0.717, 1.165) is 34.9 Å². The van der Waals surface area contributed by atoms with Gasteiger partial charge in [-0.3, -0.25) is 0 Å². The molecule has 0 saturated carbocycles. The van der Waals surface area contributed by atoms with Gasteiger partial charge in [0, 0.05) is 73.6 Å². The predicted octanol–water partition coefficient (Wildman–Crippen LogP) is 15.6.